The van der Waals surface area contributed by atoms with E-state index in [4.69, 9.17) is 4.74 Å². The van der Waals surface area contributed by atoms with Crippen molar-refractivity contribution in [3.8, 4) is 0 Å². The second kappa shape index (κ2) is 9.13. The summed E-state index contributed by atoms with van der Waals surface area (Å²) in [5.74, 6) is -1.45. The summed E-state index contributed by atoms with van der Waals surface area (Å²) in [5, 5.41) is 4.66. The Bertz CT molecular complexity index is 1100. The monoisotopic (exact) mass is 406 g/mol. The summed E-state index contributed by atoms with van der Waals surface area (Å²) in [6.07, 6.45) is -1.29. The van der Waals surface area contributed by atoms with Gasteiger partial charge in [-0.2, -0.15) is 0 Å². The maximum Gasteiger partial charge on any atom is 0.339 e. The number of carbonyl (C=O) groups is 3. The number of amides is 3. The molecule has 3 aromatic rings. The van der Waals surface area contributed by atoms with E-state index in [-0.39, 0.29) is 5.56 Å². The summed E-state index contributed by atoms with van der Waals surface area (Å²) in [4.78, 5) is 46.0. The molecule has 0 radical (unpaired) electrons. The maximum absolute atomic E-state index is 12.8. The first-order valence-corrected chi connectivity index (χ1v) is 9.48. The average Bonchev–Trinajstić information content (AvgIpc) is 2.73. The third-order valence-electron chi connectivity index (χ3n) is 4.45. The van der Waals surface area contributed by atoms with Crippen LogP contribution < -0.4 is 10.6 Å². The van der Waals surface area contributed by atoms with Crippen LogP contribution in [0.15, 0.2) is 48.5 Å². The van der Waals surface area contributed by atoms with Crippen molar-refractivity contribution in [1.29, 1.82) is 0 Å². The van der Waals surface area contributed by atoms with Crippen LogP contribution >= 0.6 is 0 Å². The zero-order valence-electron chi connectivity index (χ0n) is 16.9. The summed E-state index contributed by atoms with van der Waals surface area (Å²) in [5.41, 5.74) is 3.45. The Morgan fingerprint density at radius 1 is 0.967 bits per heavy atom. The fraction of sp³-hybridized carbons (Fsp3) is 0.227. The van der Waals surface area contributed by atoms with E-state index in [1.165, 1.54) is 0 Å². The van der Waals surface area contributed by atoms with Gasteiger partial charge in [-0.25, -0.2) is 19.6 Å². The molecule has 0 aliphatic rings. The van der Waals surface area contributed by atoms with Crippen LogP contribution in [0.25, 0.3) is 11.0 Å². The van der Waals surface area contributed by atoms with Crippen molar-refractivity contribution in [1.82, 2.24) is 20.6 Å². The highest BCUT2D eigenvalue weighted by Crippen LogP contribution is 2.21. The van der Waals surface area contributed by atoms with Gasteiger partial charge < -0.3 is 10.1 Å². The molecule has 30 heavy (non-hydrogen) atoms. The zero-order valence-corrected chi connectivity index (χ0v) is 16.9. The minimum atomic E-state index is -1.29. The van der Waals surface area contributed by atoms with Gasteiger partial charge in [0, 0.05) is 12.1 Å². The molecular formula is C22H22N4O4. The second-order valence-electron chi connectivity index (χ2n) is 6.64. The van der Waals surface area contributed by atoms with Crippen molar-refractivity contribution in [2.45, 2.75) is 26.9 Å². The molecule has 154 valence electrons. The van der Waals surface area contributed by atoms with E-state index < -0.39 is 24.0 Å². The van der Waals surface area contributed by atoms with Crippen molar-refractivity contribution in [2.24, 2.45) is 0 Å². The van der Waals surface area contributed by atoms with Gasteiger partial charge in [0.15, 0.2) is 0 Å². The Balaban J connectivity index is 1.87. The third-order valence-corrected chi connectivity index (χ3v) is 4.45. The van der Waals surface area contributed by atoms with Gasteiger partial charge in [0.05, 0.1) is 28.0 Å². The minimum absolute atomic E-state index is 0.229. The van der Waals surface area contributed by atoms with Crippen LogP contribution in [0.3, 0.4) is 0 Å². The Kier molecular flexibility index (Phi) is 6.36. The van der Waals surface area contributed by atoms with Crippen LogP contribution in [0.5, 0.6) is 0 Å². The zero-order chi connectivity index (χ0) is 21.7. The van der Waals surface area contributed by atoms with Crippen LogP contribution in [-0.4, -0.2) is 34.4 Å². The highest BCUT2D eigenvalue weighted by molar-refractivity contribution is 5.99. The third kappa shape index (κ3) is 4.78. The first-order valence-electron chi connectivity index (χ1n) is 9.48. The lowest BCUT2D eigenvalue weighted by Gasteiger charge is -2.18. The molecule has 0 fully saturated rings. The first kappa shape index (κ1) is 20.9. The molecule has 0 saturated carbocycles. The second-order valence-corrected chi connectivity index (χ2v) is 6.64. The van der Waals surface area contributed by atoms with Crippen LogP contribution in [0.4, 0.5) is 4.79 Å². The van der Waals surface area contributed by atoms with Gasteiger partial charge >= 0.3 is 12.0 Å². The molecule has 8 heteroatoms. The predicted octanol–water partition coefficient (Wildman–Crippen LogP) is 2.99. The van der Waals surface area contributed by atoms with E-state index in [9.17, 15) is 14.4 Å². The number of benzene rings is 2. The number of hydrogen-bond donors (Lipinski definition) is 2. The molecule has 3 amide bonds. The fourth-order valence-corrected chi connectivity index (χ4v) is 2.82. The molecule has 2 aromatic carbocycles. The largest absolute Gasteiger partial charge is 0.444 e. The number of ether oxygens (including phenoxy) is 1. The van der Waals surface area contributed by atoms with Crippen molar-refractivity contribution in [2.75, 3.05) is 6.54 Å². The number of aryl methyl sites for hydroxylation is 2. The topological polar surface area (TPSA) is 110 Å². The molecule has 2 N–H and O–H groups in total. The number of imide groups is 1. The van der Waals surface area contributed by atoms with Gasteiger partial charge in [-0.1, -0.05) is 30.3 Å². The molecule has 0 spiro atoms. The van der Waals surface area contributed by atoms with Crippen LogP contribution in [-0.2, 0) is 9.53 Å². The SMILES string of the molecule is CCNC(=O)NC(=O)[C@@H](OC(=O)c1ccc2nc(C)c(C)nc2c1)c1ccccc1. The van der Waals surface area contributed by atoms with Gasteiger partial charge in [-0.05, 0) is 39.0 Å². The van der Waals surface area contributed by atoms with E-state index in [1.54, 1.807) is 55.5 Å². The number of carbonyl (C=O) groups excluding carboxylic acids is 3. The van der Waals surface area contributed by atoms with Crippen LogP contribution in [0.1, 0.15) is 40.3 Å². The number of nitrogens with one attached hydrogen (secondary N) is 2. The lowest BCUT2D eigenvalue weighted by Crippen LogP contribution is -2.42. The number of fused-ring (bicyclic) bond motifs is 1. The lowest BCUT2D eigenvalue weighted by atomic mass is 10.1. The normalized spacial score (nSPS) is 11.6. The summed E-state index contributed by atoms with van der Waals surface area (Å²) < 4.78 is 5.49. The molecule has 1 heterocycles. The number of urea groups is 1. The molecule has 0 bridgehead atoms. The molecule has 0 unspecified atom stereocenters. The van der Waals surface area contributed by atoms with E-state index in [1.807, 2.05) is 13.8 Å². The molecular weight excluding hydrogens is 384 g/mol. The van der Waals surface area contributed by atoms with Crippen molar-refractivity contribution in [3.63, 3.8) is 0 Å². The average molecular weight is 406 g/mol. The van der Waals surface area contributed by atoms with E-state index in [2.05, 4.69) is 20.6 Å². The molecule has 0 aliphatic heterocycles. The summed E-state index contributed by atoms with van der Waals surface area (Å²) in [7, 11) is 0. The van der Waals surface area contributed by atoms with Crippen molar-refractivity contribution >= 4 is 28.9 Å². The molecule has 0 saturated heterocycles. The first-order chi connectivity index (χ1) is 14.4. The van der Waals surface area contributed by atoms with Crippen LogP contribution in [0, 0.1) is 13.8 Å². The summed E-state index contributed by atoms with van der Waals surface area (Å²) in [6, 6.07) is 12.7. The quantitative estimate of drug-likeness (QED) is 0.630. The Morgan fingerprint density at radius 3 is 2.30 bits per heavy atom. The summed E-state index contributed by atoms with van der Waals surface area (Å²) in [6.45, 7) is 5.78. The molecule has 1 aromatic heterocycles. The standard InChI is InChI=1S/C22H22N4O4/c1-4-23-22(29)26-20(27)19(15-8-6-5-7-9-15)30-21(28)16-10-11-17-18(12-16)25-14(3)13(2)24-17/h5-12,19H,4H2,1-3H3,(H2,23,26,27,29)/t19-/m0/s1. The fourth-order valence-electron chi connectivity index (χ4n) is 2.82. The molecule has 8 nitrogen and oxygen atoms in total. The van der Waals surface area contributed by atoms with E-state index >= 15 is 0 Å². The number of rotatable bonds is 5. The predicted molar refractivity (Wildman–Crippen MR) is 111 cm³/mol. The maximum atomic E-state index is 12.8. The van der Waals surface area contributed by atoms with Crippen molar-refractivity contribution < 1.29 is 19.1 Å². The smallest absolute Gasteiger partial charge is 0.339 e. The Hall–Kier alpha value is -3.81. The molecule has 3 rings (SSSR count). The molecule has 0 aliphatic carbocycles. The summed E-state index contributed by atoms with van der Waals surface area (Å²) >= 11 is 0. The lowest BCUT2D eigenvalue weighted by molar-refractivity contribution is -0.129. The highest BCUT2D eigenvalue weighted by Gasteiger charge is 2.27. The Morgan fingerprint density at radius 2 is 1.63 bits per heavy atom. The van der Waals surface area contributed by atoms with Crippen LogP contribution in [0.2, 0.25) is 0 Å². The van der Waals surface area contributed by atoms with E-state index in [0.717, 1.165) is 11.4 Å². The highest BCUT2D eigenvalue weighted by atomic mass is 16.5. The number of nitrogens with zero attached hydrogens (tertiary/aromatic N) is 2. The van der Waals surface area contributed by atoms with Gasteiger partial charge in [0.1, 0.15) is 0 Å². The number of hydrogen-bond acceptors (Lipinski definition) is 6. The van der Waals surface area contributed by atoms with Gasteiger partial charge in [-0.3, -0.25) is 10.1 Å². The minimum Gasteiger partial charge on any atom is -0.444 e. The molecule has 1 atom stereocenters. The van der Waals surface area contributed by atoms with E-state index in [0.29, 0.717) is 23.1 Å². The van der Waals surface area contributed by atoms with Crippen molar-refractivity contribution in [3.05, 3.63) is 71.0 Å². The van der Waals surface area contributed by atoms with Gasteiger partial charge in [0.2, 0.25) is 6.10 Å². The number of aromatic nitrogens is 2. The Labute approximate surface area is 173 Å². The number of esters is 1. The van der Waals surface area contributed by atoms with Gasteiger partial charge in [-0.15, -0.1) is 0 Å². The van der Waals surface area contributed by atoms with Gasteiger partial charge in [0.25, 0.3) is 5.91 Å².